The van der Waals surface area contributed by atoms with Crippen LogP contribution in [0.4, 0.5) is 4.39 Å². The molecule has 0 bridgehead atoms. The number of carbonyl (C=O) groups excluding carboxylic acids is 1. The SMILES string of the molecule is CCN(CC)CCSC1=C(C#N)C(c2ccc(F)cc2)(c2cccnc2)C(=O)N1. The fourth-order valence-electron chi connectivity index (χ4n) is 3.60. The number of aromatic nitrogens is 1. The zero-order valence-electron chi connectivity index (χ0n) is 16.5. The first-order chi connectivity index (χ1) is 14.1. The van der Waals surface area contributed by atoms with Crippen LogP contribution in [0.5, 0.6) is 0 Å². The summed E-state index contributed by atoms with van der Waals surface area (Å²) in [5, 5.41) is 13.5. The topological polar surface area (TPSA) is 69.0 Å². The van der Waals surface area contributed by atoms with E-state index in [0.717, 1.165) is 25.4 Å². The molecule has 1 aliphatic heterocycles. The number of nitrogens with one attached hydrogen (secondary N) is 1. The van der Waals surface area contributed by atoms with Gasteiger partial charge in [-0.1, -0.05) is 32.0 Å². The highest BCUT2D eigenvalue weighted by Crippen LogP contribution is 2.46. The highest BCUT2D eigenvalue weighted by molar-refractivity contribution is 8.03. The van der Waals surface area contributed by atoms with Crippen LogP contribution >= 0.6 is 11.8 Å². The lowest BCUT2D eigenvalue weighted by Crippen LogP contribution is -2.39. The smallest absolute Gasteiger partial charge is 0.245 e. The van der Waals surface area contributed by atoms with Gasteiger partial charge in [0, 0.05) is 24.7 Å². The van der Waals surface area contributed by atoms with Gasteiger partial charge in [0.2, 0.25) is 5.91 Å². The lowest BCUT2D eigenvalue weighted by Gasteiger charge is -2.27. The summed E-state index contributed by atoms with van der Waals surface area (Å²) in [5.41, 5.74) is 0.112. The van der Waals surface area contributed by atoms with Crippen molar-refractivity contribution < 1.29 is 9.18 Å². The Bertz CT molecular complexity index is 936. The number of nitriles is 1. The maximum Gasteiger partial charge on any atom is 0.245 e. The second-order valence-corrected chi connectivity index (χ2v) is 7.75. The van der Waals surface area contributed by atoms with Gasteiger partial charge in [-0.05, 0) is 42.4 Å². The van der Waals surface area contributed by atoms with E-state index in [1.54, 1.807) is 36.7 Å². The van der Waals surface area contributed by atoms with E-state index in [0.29, 0.717) is 21.7 Å². The zero-order valence-corrected chi connectivity index (χ0v) is 17.3. The number of pyridine rings is 1. The van der Waals surface area contributed by atoms with Crippen LogP contribution in [0.2, 0.25) is 0 Å². The lowest BCUT2D eigenvalue weighted by molar-refractivity contribution is -0.122. The molecule has 0 radical (unpaired) electrons. The van der Waals surface area contributed by atoms with E-state index in [1.165, 1.54) is 23.9 Å². The van der Waals surface area contributed by atoms with Crippen molar-refractivity contribution >= 4 is 17.7 Å². The van der Waals surface area contributed by atoms with Gasteiger partial charge in [0.15, 0.2) is 0 Å². The third-order valence-corrected chi connectivity index (χ3v) is 6.18. The summed E-state index contributed by atoms with van der Waals surface area (Å²) in [5.74, 6) is 0.0263. The molecule has 5 nitrogen and oxygen atoms in total. The number of carbonyl (C=O) groups is 1. The van der Waals surface area contributed by atoms with Crippen LogP contribution in [0.15, 0.2) is 59.4 Å². The largest absolute Gasteiger partial charge is 0.318 e. The maximum absolute atomic E-state index is 13.6. The first-order valence-electron chi connectivity index (χ1n) is 9.55. The molecule has 1 amide bonds. The highest BCUT2D eigenvalue weighted by atomic mass is 32.2. The summed E-state index contributed by atoms with van der Waals surface area (Å²) >= 11 is 1.46. The molecular formula is C22H23FN4OS. The molecule has 0 aliphatic carbocycles. The Morgan fingerprint density at radius 3 is 2.52 bits per heavy atom. The summed E-state index contributed by atoms with van der Waals surface area (Å²) in [4.78, 5) is 19.8. The molecular weight excluding hydrogens is 387 g/mol. The minimum absolute atomic E-state index is 0.320. The van der Waals surface area contributed by atoms with Gasteiger partial charge in [-0.15, -0.1) is 11.8 Å². The summed E-state index contributed by atoms with van der Waals surface area (Å²) in [6.07, 6.45) is 3.20. The Kier molecular flexibility index (Phi) is 6.68. The Balaban J connectivity index is 2.07. The minimum atomic E-state index is -1.34. The molecule has 29 heavy (non-hydrogen) atoms. The monoisotopic (exact) mass is 410 g/mol. The van der Waals surface area contributed by atoms with Gasteiger partial charge < -0.3 is 10.2 Å². The van der Waals surface area contributed by atoms with Crippen molar-refractivity contribution in [3.8, 4) is 6.07 Å². The van der Waals surface area contributed by atoms with Crippen molar-refractivity contribution in [2.75, 3.05) is 25.4 Å². The van der Waals surface area contributed by atoms with Crippen molar-refractivity contribution in [1.29, 1.82) is 5.26 Å². The van der Waals surface area contributed by atoms with Crippen LogP contribution in [0.3, 0.4) is 0 Å². The van der Waals surface area contributed by atoms with Crippen LogP contribution in [0, 0.1) is 17.1 Å². The second kappa shape index (κ2) is 9.21. The fourth-order valence-corrected chi connectivity index (χ4v) is 4.67. The predicted molar refractivity (Wildman–Crippen MR) is 112 cm³/mol. The molecule has 1 aliphatic rings. The Hall–Kier alpha value is -2.69. The van der Waals surface area contributed by atoms with Crippen molar-refractivity contribution in [2.24, 2.45) is 0 Å². The maximum atomic E-state index is 13.6. The highest BCUT2D eigenvalue weighted by Gasteiger charge is 2.52. The standard InChI is InChI=1S/C22H23FN4OS/c1-3-27(4-2)12-13-29-20-19(14-24)22(21(28)26-20,17-6-5-11-25-15-17)16-7-9-18(23)10-8-16/h5-11,15H,3-4,12-13H2,1-2H3,(H,26,28). The van der Waals surface area contributed by atoms with Crippen molar-refractivity contribution in [3.05, 3.63) is 76.3 Å². The predicted octanol–water partition coefficient (Wildman–Crippen LogP) is 3.45. The number of thioether (sulfide) groups is 1. The Morgan fingerprint density at radius 1 is 1.21 bits per heavy atom. The van der Waals surface area contributed by atoms with Crippen molar-refractivity contribution in [2.45, 2.75) is 19.3 Å². The molecule has 2 heterocycles. The quantitative estimate of drug-likeness (QED) is 0.722. The van der Waals surface area contributed by atoms with E-state index in [-0.39, 0.29) is 5.91 Å². The number of benzene rings is 1. The van der Waals surface area contributed by atoms with Crippen molar-refractivity contribution in [1.82, 2.24) is 15.2 Å². The van der Waals surface area contributed by atoms with E-state index in [9.17, 15) is 14.4 Å². The summed E-state index contributed by atoms with van der Waals surface area (Å²) in [6, 6.07) is 11.5. The van der Waals surface area contributed by atoms with E-state index in [1.807, 2.05) is 0 Å². The molecule has 3 rings (SSSR count). The van der Waals surface area contributed by atoms with Crippen LogP contribution in [0.1, 0.15) is 25.0 Å². The summed E-state index contributed by atoms with van der Waals surface area (Å²) in [7, 11) is 0. The van der Waals surface area contributed by atoms with E-state index >= 15 is 0 Å². The normalized spacial score (nSPS) is 18.8. The number of amides is 1. The number of rotatable bonds is 8. The fraction of sp³-hybridized carbons (Fsp3) is 0.318. The van der Waals surface area contributed by atoms with Gasteiger partial charge in [0.1, 0.15) is 11.2 Å². The van der Waals surface area contributed by atoms with Crippen LogP contribution < -0.4 is 5.32 Å². The number of nitrogens with zero attached hydrogens (tertiary/aromatic N) is 3. The van der Waals surface area contributed by atoms with Gasteiger partial charge in [0.25, 0.3) is 0 Å². The third kappa shape index (κ3) is 3.91. The van der Waals surface area contributed by atoms with Crippen LogP contribution in [-0.4, -0.2) is 41.2 Å². The molecule has 1 aromatic heterocycles. The van der Waals surface area contributed by atoms with Crippen molar-refractivity contribution in [3.63, 3.8) is 0 Å². The number of hydrogen-bond acceptors (Lipinski definition) is 5. The molecule has 2 aromatic rings. The molecule has 0 fully saturated rings. The molecule has 1 unspecified atom stereocenters. The average molecular weight is 411 g/mol. The minimum Gasteiger partial charge on any atom is -0.318 e. The molecule has 1 atom stereocenters. The molecule has 7 heteroatoms. The third-order valence-electron chi connectivity index (χ3n) is 5.20. The van der Waals surface area contributed by atoms with Gasteiger partial charge in [-0.25, -0.2) is 4.39 Å². The first-order valence-corrected chi connectivity index (χ1v) is 10.5. The molecule has 0 saturated carbocycles. The Labute approximate surface area is 174 Å². The van der Waals surface area contributed by atoms with E-state index < -0.39 is 11.2 Å². The van der Waals surface area contributed by atoms with Gasteiger partial charge in [0.05, 0.1) is 16.7 Å². The zero-order chi connectivity index (χ0) is 20.9. The number of hydrogen-bond donors (Lipinski definition) is 1. The van der Waals surface area contributed by atoms with Crippen LogP contribution in [0.25, 0.3) is 0 Å². The Morgan fingerprint density at radius 2 is 1.93 bits per heavy atom. The summed E-state index contributed by atoms with van der Waals surface area (Å²) in [6.45, 7) is 6.96. The van der Waals surface area contributed by atoms with Gasteiger partial charge in [-0.3, -0.25) is 9.78 Å². The van der Waals surface area contributed by atoms with Gasteiger partial charge in [-0.2, -0.15) is 5.26 Å². The molecule has 0 spiro atoms. The van der Waals surface area contributed by atoms with E-state index in [4.69, 9.17) is 0 Å². The first kappa shape index (κ1) is 21.0. The molecule has 1 N–H and O–H groups in total. The average Bonchev–Trinajstić information content (AvgIpc) is 3.04. The number of halogens is 1. The molecule has 0 saturated heterocycles. The van der Waals surface area contributed by atoms with Crippen LogP contribution in [-0.2, 0) is 10.2 Å². The van der Waals surface area contributed by atoms with Gasteiger partial charge >= 0.3 is 0 Å². The van der Waals surface area contributed by atoms with E-state index in [2.05, 4.69) is 35.1 Å². The molecule has 1 aromatic carbocycles. The second-order valence-electron chi connectivity index (χ2n) is 6.64. The molecule has 150 valence electrons. The summed E-state index contributed by atoms with van der Waals surface area (Å²) < 4.78 is 13.6. The lowest BCUT2D eigenvalue weighted by atomic mass is 9.71.